The molecule has 0 aliphatic rings. The highest BCUT2D eigenvalue weighted by molar-refractivity contribution is 7.89. The second kappa shape index (κ2) is 8.54. The van der Waals surface area contributed by atoms with Crippen molar-refractivity contribution >= 4 is 43.2 Å². The predicted molar refractivity (Wildman–Crippen MR) is 119 cm³/mol. The quantitative estimate of drug-likeness (QED) is 0.441. The number of hydrogen-bond acceptors (Lipinski definition) is 5. The van der Waals surface area contributed by atoms with Crippen molar-refractivity contribution < 1.29 is 8.42 Å². The summed E-state index contributed by atoms with van der Waals surface area (Å²) in [6.45, 7) is 0. The summed E-state index contributed by atoms with van der Waals surface area (Å²) >= 11 is 7.66. The van der Waals surface area contributed by atoms with Crippen LogP contribution in [0.4, 0.5) is 0 Å². The van der Waals surface area contributed by atoms with E-state index in [-0.39, 0.29) is 4.90 Å². The van der Waals surface area contributed by atoms with Gasteiger partial charge >= 0.3 is 0 Å². The number of nitrogens with zero attached hydrogens (tertiary/aromatic N) is 2. The summed E-state index contributed by atoms with van der Waals surface area (Å²) in [6.07, 6.45) is 0.346. The van der Waals surface area contributed by atoms with Gasteiger partial charge in [0, 0.05) is 0 Å². The van der Waals surface area contributed by atoms with Crippen molar-refractivity contribution in [2.45, 2.75) is 17.4 Å². The van der Waals surface area contributed by atoms with Crippen LogP contribution in [0.25, 0.3) is 10.2 Å². The van der Waals surface area contributed by atoms with Crippen molar-refractivity contribution in [3.8, 4) is 6.07 Å². The lowest BCUT2D eigenvalue weighted by Gasteiger charge is -2.17. The molecule has 0 saturated carbocycles. The Bertz CT molecular complexity index is 1350. The Kier molecular flexibility index (Phi) is 5.84. The van der Waals surface area contributed by atoms with Gasteiger partial charge in [0.15, 0.2) is 0 Å². The fourth-order valence-corrected chi connectivity index (χ4v) is 5.72. The van der Waals surface area contributed by atoms with Gasteiger partial charge in [-0.25, -0.2) is 18.1 Å². The standard InChI is InChI=1S/C22H16ClN3O2S2/c23-18-10-5-11-19-21(18)29-22(25-19)20(13-15-6-4-7-16(12-15)14-24)26-30(27,28)17-8-2-1-3-9-17/h1-12,20,26H,13H2. The molecule has 0 aliphatic heterocycles. The van der Waals surface area contributed by atoms with Crippen LogP contribution in [0, 0.1) is 11.3 Å². The van der Waals surface area contributed by atoms with Crippen molar-refractivity contribution in [3.05, 3.63) is 94.0 Å². The van der Waals surface area contributed by atoms with E-state index < -0.39 is 16.1 Å². The van der Waals surface area contributed by atoms with Crippen molar-refractivity contribution in [2.75, 3.05) is 0 Å². The van der Waals surface area contributed by atoms with E-state index in [1.165, 1.54) is 11.3 Å². The highest BCUT2D eigenvalue weighted by Gasteiger charge is 2.25. The SMILES string of the molecule is N#Cc1cccc(CC(NS(=O)(=O)c2ccccc2)c2nc3cccc(Cl)c3s2)c1. The summed E-state index contributed by atoms with van der Waals surface area (Å²) in [5.74, 6) is 0. The van der Waals surface area contributed by atoms with Gasteiger partial charge in [0.2, 0.25) is 10.0 Å². The average molecular weight is 454 g/mol. The van der Waals surface area contributed by atoms with Gasteiger partial charge in [-0.1, -0.05) is 48.0 Å². The fraction of sp³-hybridized carbons (Fsp3) is 0.0909. The van der Waals surface area contributed by atoms with Crippen molar-refractivity contribution in [1.82, 2.24) is 9.71 Å². The molecule has 1 unspecified atom stereocenters. The van der Waals surface area contributed by atoms with E-state index in [1.807, 2.05) is 18.2 Å². The van der Waals surface area contributed by atoms with E-state index >= 15 is 0 Å². The lowest BCUT2D eigenvalue weighted by Crippen LogP contribution is -2.30. The monoisotopic (exact) mass is 453 g/mol. The summed E-state index contributed by atoms with van der Waals surface area (Å²) in [5, 5.41) is 10.4. The Balaban J connectivity index is 1.75. The summed E-state index contributed by atoms with van der Waals surface area (Å²) in [7, 11) is -3.77. The van der Waals surface area contributed by atoms with Crippen molar-refractivity contribution in [1.29, 1.82) is 5.26 Å². The van der Waals surface area contributed by atoms with Crippen molar-refractivity contribution in [2.24, 2.45) is 0 Å². The van der Waals surface area contributed by atoms with Crippen molar-refractivity contribution in [3.63, 3.8) is 0 Å². The molecule has 1 heterocycles. The first-order valence-electron chi connectivity index (χ1n) is 9.07. The number of nitriles is 1. The molecule has 150 valence electrons. The highest BCUT2D eigenvalue weighted by atomic mass is 35.5. The molecule has 1 atom stereocenters. The molecule has 0 spiro atoms. The molecule has 0 bridgehead atoms. The molecule has 0 radical (unpaired) electrons. The van der Waals surface area contributed by atoms with Crippen LogP contribution in [0.5, 0.6) is 0 Å². The zero-order valence-electron chi connectivity index (χ0n) is 15.6. The zero-order chi connectivity index (χ0) is 21.1. The van der Waals surface area contributed by atoms with E-state index in [9.17, 15) is 13.7 Å². The smallest absolute Gasteiger partial charge is 0.239 e. The van der Waals surface area contributed by atoms with E-state index in [4.69, 9.17) is 11.6 Å². The minimum atomic E-state index is -3.77. The number of rotatable bonds is 6. The van der Waals surface area contributed by atoms with Crippen LogP contribution in [0.1, 0.15) is 22.2 Å². The van der Waals surface area contributed by atoms with Gasteiger partial charge in [0.1, 0.15) is 5.01 Å². The number of fused-ring (bicyclic) bond motifs is 1. The first kappa shape index (κ1) is 20.5. The van der Waals surface area contributed by atoms with E-state index in [2.05, 4.69) is 15.8 Å². The second-order valence-electron chi connectivity index (χ2n) is 6.64. The third kappa shape index (κ3) is 4.37. The molecule has 4 aromatic rings. The summed E-state index contributed by atoms with van der Waals surface area (Å²) in [5.41, 5.74) is 2.07. The van der Waals surface area contributed by atoms with Crippen LogP contribution in [0.3, 0.4) is 0 Å². The molecular formula is C22H16ClN3O2S2. The molecule has 30 heavy (non-hydrogen) atoms. The molecule has 0 aliphatic carbocycles. The summed E-state index contributed by atoms with van der Waals surface area (Å²) < 4.78 is 29.6. The number of hydrogen-bond donors (Lipinski definition) is 1. The van der Waals surface area contributed by atoms with Gasteiger partial charge < -0.3 is 0 Å². The molecule has 8 heteroatoms. The lowest BCUT2D eigenvalue weighted by molar-refractivity contribution is 0.554. The molecular weight excluding hydrogens is 438 g/mol. The van der Waals surface area contributed by atoms with E-state index in [0.29, 0.717) is 22.0 Å². The molecule has 0 amide bonds. The van der Waals surface area contributed by atoms with E-state index in [0.717, 1.165) is 15.8 Å². The molecule has 1 N–H and O–H groups in total. The number of sulfonamides is 1. The van der Waals surface area contributed by atoms with Crippen LogP contribution in [-0.4, -0.2) is 13.4 Å². The Hall–Kier alpha value is -2.76. The maximum Gasteiger partial charge on any atom is 0.241 e. The van der Waals surface area contributed by atoms with Gasteiger partial charge in [-0.15, -0.1) is 11.3 Å². The predicted octanol–water partition coefficient (Wildman–Crippen LogP) is 5.08. The van der Waals surface area contributed by atoms with Crippen LogP contribution in [-0.2, 0) is 16.4 Å². The number of aromatic nitrogens is 1. The number of benzene rings is 3. The zero-order valence-corrected chi connectivity index (χ0v) is 18.0. The number of nitrogens with one attached hydrogen (secondary N) is 1. The Labute approximate surface area is 183 Å². The first-order valence-corrected chi connectivity index (χ1v) is 11.8. The van der Waals surface area contributed by atoms with Gasteiger partial charge in [0.25, 0.3) is 0 Å². The maximum atomic E-state index is 13.0. The molecule has 0 fully saturated rings. The largest absolute Gasteiger partial charge is 0.241 e. The van der Waals surface area contributed by atoms with Crippen LogP contribution < -0.4 is 4.72 Å². The summed E-state index contributed by atoms with van der Waals surface area (Å²) in [6, 6.07) is 22.3. The highest BCUT2D eigenvalue weighted by Crippen LogP contribution is 2.33. The molecule has 4 rings (SSSR count). The molecule has 1 aromatic heterocycles. The molecule has 3 aromatic carbocycles. The average Bonchev–Trinajstić information content (AvgIpc) is 3.20. The van der Waals surface area contributed by atoms with Gasteiger partial charge in [-0.05, 0) is 48.4 Å². The minimum absolute atomic E-state index is 0.180. The summed E-state index contributed by atoms with van der Waals surface area (Å²) in [4.78, 5) is 4.81. The van der Waals surface area contributed by atoms with Crippen LogP contribution in [0.15, 0.2) is 77.7 Å². The van der Waals surface area contributed by atoms with Gasteiger partial charge in [0.05, 0.1) is 37.8 Å². The Morgan fingerprint density at radius 1 is 1.07 bits per heavy atom. The number of thiazole rings is 1. The topological polar surface area (TPSA) is 82.9 Å². The Morgan fingerprint density at radius 2 is 1.83 bits per heavy atom. The minimum Gasteiger partial charge on any atom is -0.239 e. The molecule has 5 nitrogen and oxygen atoms in total. The maximum absolute atomic E-state index is 13.0. The fourth-order valence-electron chi connectivity index (χ4n) is 3.12. The molecule has 0 saturated heterocycles. The number of halogens is 1. The Morgan fingerprint density at radius 3 is 2.57 bits per heavy atom. The van der Waals surface area contributed by atoms with E-state index in [1.54, 1.807) is 54.6 Å². The first-order chi connectivity index (χ1) is 14.5. The van der Waals surface area contributed by atoms with Gasteiger partial charge in [-0.3, -0.25) is 0 Å². The second-order valence-corrected chi connectivity index (χ2v) is 9.80. The van der Waals surface area contributed by atoms with Gasteiger partial charge in [-0.2, -0.15) is 5.26 Å². The lowest BCUT2D eigenvalue weighted by atomic mass is 10.0. The van der Waals surface area contributed by atoms with Crippen LogP contribution in [0.2, 0.25) is 5.02 Å². The third-order valence-corrected chi connectivity index (χ3v) is 7.66. The van der Waals surface area contributed by atoms with Crippen LogP contribution >= 0.6 is 22.9 Å². The normalized spacial score (nSPS) is 12.5. The third-order valence-electron chi connectivity index (χ3n) is 4.53.